The quantitative estimate of drug-likeness (QED) is 0.897. The van der Waals surface area contributed by atoms with Crippen molar-refractivity contribution in [3.63, 3.8) is 0 Å². The van der Waals surface area contributed by atoms with Gasteiger partial charge < -0.3 is 5.32 Å². The van der Waals surface area contributed by atoms with Gasteiger partial charge >= 0.3 is 0 Å². The first-order valence-electron chi connectivity index (χ1n) is 4.35. The summed E-state index contributed by atoms with van der Waals surface area (Å²) < 4.78 is 0.776. The van der Waals surface area contributed by atoms with Crippen LogP contribution in [0.3, 0.4) is 0 Å². The summed E-state index contributed by atoms with van der Waals surface area (Å²) in [6.07, 6.45) is 3.05. The Morgan fingerprint density at radius 2 is 2.00 bits per heavy atom. The summed E-state index contributed by atoms with van der Waals surface area (Å²) >= 11 is 15.1. The van der Waals surface area contributed by atoms with E-state index in [1.54, 1.807) is 12.3 Å². The lowest BCUT2D eigenvalue weighted by molar-refractivity contribution is 1.20. The molecule has 0 aliphatic carbocycles. The van der Waals surface area contributed by atoms with Crippen molar-refractivity contribution in [3.05, 3.63) is 45.2 Å². The molecule has 0 spiro atoms. The third kappa shape index (κ3) is 2.64. The molecule has 1 aromatic heterocycles. The Bertz CT molecular complexity index is 519. The maximum absolute atomic E-state index is 5.96. The number of halogens is 3. The number of nitrogens with zero attached hydrogens (tertiary/aromatic N) is 2. The second kappa shape index (κ2) is 4.99. The summed E-state index contributed by atoms with van der Waals surface area (Å²) in [6.45, 7) is 0. The van der Waals surface area contributed by atoms with Crippen LogP contribution in [0.4, 0.5) is 11.5 Å². The predicted octanol–water partition coefficient (Wildman–Crippen LogP) is 4.29. The Morgan fingerprint density at radius 3 is 2.75 bits per heavy atom. The highest BCUT2D eigenvalue weighted by Gasteiger charge is 2.04. The van der Waals surface area contributed by atoms with E-state index in [0.29, 0.717) is 16.0 Å². The summed E-state index contributed by atoms with van der Waals surface area (Å²) in [4.78, 5) is 7.99. The zero-order valence-electron chi connectivity index (χ0n) is 7.92. The number of aromatic nitrogens is 2. The van der Waals surface area contributed by atoms with Crippen molar-refractivity contribution < 1.29 is 0 Å². The van der Waals surface area contributed by atoms with Crippen molar-refractivity contribution in [2.75, 3.05) is 5.32 Å². The van der Waals surface area contributed by atoms with Crippen molar-refractivity contribution in [1.82, 2.24) is 9.97 Å². The van der Waals surface area contributed by atoms with Gasteiger partial charge in [0.05, 0.1) is 27.6 Å². The summed E-state index contributed by atoms with van der Waals surface area (Å²) in [6, 6.07) is 5.51. The van der Waals surface area contributed by atoms with Gasteiger partial charge in [-0.15, -0.1) is 0 Å². The average molecular weight is 319 g/mol. The number of rotatable bonds is 2. The Hall–Kier alpha value is -0.840. The van der Waals surface area contributed by atoms with Crippen molar-refractivity contribution in [3.8, 4) is 0 Å². The Labute approximate surface area is 111 Å². The second-order valence-corrected chi connectivity index (χ2v) is 4.54. The normalized spacial score (nSPS) is 10.2. The van der Waals surface area contributed by atoms with Crippen LogP contribution in [-0.4, -0.2) is 9.97 Å². The van der Waals surface area contributed by atoms with Crippen molar-refractivity contribution in [1.29, 1.82) is 0 Å². The van der Waals surface area contributed by atoms with Gasteiger partial charge in [0.15, 0.2) is 5.82 Å². The van der Waals surface area contributed by atoms with Crippen LogP contribution >= 0.6 is 39.1 Å². The standard InChI is InChI=1S/C10H6BrCl2N3/c11-10-6(12)2-1-3-7(10)15-9-5-14-4-8(13)16-9/h1-5H,(H,15,16). The molecule has 2 aromatic rings. The highest BCUT2D eigenvalue weighted by molar-refractivity contribution is 9.10. The lowest BCUT2D eigenvalue weighted by Gasteiger charge is -2.08. The molecule has 1 aromatic carbocycles. The maximum Gasteiger partial charge on any atom is 0.150 e. The summed E-state index contributed by atoms with van der Waals surface area (Å²) in [7, 11) is 0. The minimum absolute atomic E-state index is 0.336. The first-order valence-corrected chi connectivity index (χ1v) is 5.90. The molecule has 0 atom stereocenters. The minimum Gasteiger partial charge on any atom is -0.338 e. The zero-order valence-corrected chi connectivity index (χ0v) is 11.0. The van der Waals surface area contributed by atoms with Gasteiger partial charge in [0.1, 0.15) is 5.15 Å². The summed E-state index contributed by atoms with van der Waals surface area (Å²) in [5, 5.41) is 4.03. The third-order valence-electron chi connectivity index (χ3n) is 1.82. The van der Waals surface area contributed by atoms with Gasteiger partial charge in [-0.25, -0.2) is 4.98 Å². The molecule has 0 unspecified atom stereocenters. The molecule has 0 saturated heterocycles. The fourth-order valence-corrected chi connectivity index (χ4v) is 1.83. The molecule has 3 nitrogen and oxygen atoms in total. The Balaban J connectivity index is 2.31. The van der Waals surface area contributed by atoms with E-state index in [2.05, 4.69) is 31.2 Å². The summed E-state index contributed by atoms with van der Waals surface area (Å²) in [5.74, 6) is 0.565. The van der Waals surface area contributed by atoms with E-state index in [1.807, 2.05) is 12.1 Å². The Morgan fingerprint density at radius 1 is 1.19 bits per heavy atom. The second-order valence-electron chi connectivity index (χ2n) is 2.95. The third-order valence-corrected chi connectivity index (χ3v) is 3.40. The first-order chi connectivity index (χ1) is 7.66. The van der Waals surface area contributed by atoms with Gasteiger partial charge in [0.2, 0.25) is 0 Å². The number of hydrogen-bond donors (Lipinski definition) is 1. The van der Waals surface area contributed by atoms with Gasteiger partial charge in [-0.2, -0.15) is 0 Å². The minimum atomic E-state index is 0.336. The first kappa shape index (κ1) is 11.6. The predicted molar refractivity (Wildman–Crippen MR) is 69.5 cm³/mol. The fraction of sp³-hybridized carbons (Fsp3) is 0. The van der Waals surface area contributed by atoms with Crippen LogP contribution in [0.15, 0.2) is 35.1 Å². The molecule has 0 amide bonds. The monoisotopic (exact) mass is 317 g/mol. The number of nitrogens with one attached hydrogen (secondary N) is 1. The van der Waals surface area contributed by atoms with Gasteiger partial charge in [0, 0.05) is 0 Å². The topological polar surface area (TPSA) is 37.8 Å². The summed E-state index contributed by atoms with van der Waals surface area (Å²) in [5.41, 5.74) is 0.809. The van der Waals surface area contributed by atoms with E-state index in [4.69, 9.17) is 23.2 Å². The van der Waals surface area contributed by atoms with Crippen molar-refractivity contribution in [2.24, 2.45) is 0 Å². The van der Waals surface area contributed by atoms with Crippen LogP contribution in [0, 0.1) is 0 Å². The molecule has 82 valence electrons. The molecule has 0 aliphatic rings. The molecule has 1 heterocycles. The molecule has 0 aliphatic heterocycles. The van der Waals surface area contributed by atoms with Gasteiger partial charge in [-0.05, 0) is 28.1 Å². The molecule has 16 heavy (non-hydrogen) atoms. The van der Waals surface area contributed by atoms with E-state index in [1.165, 1.54) is 6.20 Å². The highest BCUT2D eigenvalue weighted by atomic mass is 79.9. The van der Waals surface area contributed by atoms with Crippen molar-refractivity contribution >= 4 is 50.6 Å². The number of benzene rings is 1. The lowest BCUT2D eigenvalue weighted by atomic mass is 10.3. The van der Waals surface area contributed by atoms with E-state index in [-0.39, 0.29) is 0 Å². The molecule has 0 bridgehead atoms. The van der Waals surface area contributed by atoms with Gasteiger partial charge in [0.25, 0.3) is 0 Å². The van der Waals surface area contributed by atoms with Crippen molar-refractivity contribution in [2.45, 2.75) is 0 Å². The van der Waals surface area contributed by atoms with Gasteiger partial charge in [-0.1, -0.05) is 29.3 Å². The van der Waals surface area contributed by atoms with Crippen LogP contribution in [0.5, 0.6) is 0 Å². The molecular weight excluding hydrogens is 313 g/mol. The Kier molecular flexibility index (Phi) is 3.63. The average Bonchev–Trinajstić information content (AvgIpc) is 2.25. The largest absolute Gasteiger partial charge is 0.338 e. The van der Waals surface area contributed by atoms with E-state index in [0.717, 1.165) is 10.2 Å². The highest BCUT2D eigenvalue weighted by Crippen LogP contribution is 2.31. The fourth-order valence-electron chi connectivity index (χ4n) is 1.14. The molecule has 0 saturated carbocycles. The van der Waals surface area contributed by atoms with E-state index >= 15 is 0 Å². The smallest absolute Gasteiger partial charge is 0.150 e. The number of hydrogen-bond acceptors (Lipinski definition) is 3. The van der Waals surface area contributed by atoms with Crippen LogP contribution in [0.2, 0.25) is 10.2 Å². The van der Waals surface area contributed by atoms with Crippen LogP contribution in [0.25, 0.3) is 0 Å². The number of anilines is 2. The van der Waals surface area contributed by atoms with Crippen LogP contribution < -0.4 is 5.32 Å². The van der Waals surface area contributed by atoms with E-state index in [9.17, 15) is 0 Å². The van der Waals surface area contributed by atoms with Crippen LogP contribution in [-0.2, 0) is 0 Å². The van der Waals surface area contributed by atoms with Crippen LogP contribution in [0.1, 0.15) is 0 Å². The lowest BCUT2D eigenvalue weighted by Crippen LogP contribution is -1.95. The molecule has 2 rings (SSSR count). The molecule has 6 heteroatoms. The maximum atomic E-state index is 5.96. The molecule has 1 N–H and O–H groups in total. The van der Waals surface area contributed by atoms with E-state index < -0.39 is 0 Å². The molecule has 0 radical (unpaired) electrons. The molecule has 0 fully saturated rings. The zero-order chi connectivity index (χ0) is 11.5. The molecular formula is C10H6BrCl2N3. The van der Waals surface area contributed by atoms with Gasteiger partial charge in [-0.3, -0.25) is 4.98 Å². The SMILES string of the molecule is Clc1cncc(Nc2cccc(Cl)c2Br)n1.